The summed E-state index contributed by atoms with van der Waals surface area (Å²) in [5.74, 6) is -0.0296. The van der Waals surface area contributed by atoms with E-state index in [1.807, 2.05) is 6.08 Å². The summed E-state index contributed by atoms with van der Waals surface area (Å²) in [6.45, 7) is 1.69. The van der Waals surface area contributed by atoms with E-state index in [-0.39, 0.29) is 0 Å². The van der Waals surface area contributed by atoms with Gasteiger partial charge in [-0.25, -0.2) is 4.79 Å². The number of thioether (sulfide) groups is 1. The molecule has 1 heterocycles. The van der Waals surface area contributed by atoms with Crippen molar-refractivity contribution in [1.82, 2.24) is 5.32 Å². The van der Waals surface area contributed by atoms with Gasteiger partial charge in [-0.1, -0.05) is 25.2 Å². The molecule has 9 heteroatoms. The van der Waals surface area contributed by atoms with Crippen molar-refractivity contribution in [2.24, 2.45) is 5.73 Å². The van der Waals surface area contributed by atoms with E-state index in [0.717, 1.165) is 36.2 Å². The highest BCUT2D eigenvalue weighted by molar-refractivity contribution is 8.03. The number of hydrogen-bond acceptors (Lipinski definition) is 7. The summed E-state index contributed by atoms with van der Waals surface area (Å²) in [6.07, 6.45) is 10.8. The number of allylic oxidation sites excluding steroid dienone is 6. The summed E-state index contributed by atoms with van der Waals surface area (Å²) in [7, 11) is 1.66. The number of carboxylic acid groups (broad SMARTS) is 1. The highest BCUT2D eigenvalue weighted by Crippen LogP contribution is 2.35. The maximum atomic E-state index is 12.3. The fraction of sp³-hybridized carbons (Fsp3) is 0.296. The van der Waals surface area contributed by atoms with Gasteiger partial charge in [0.2, 0.25) is 0 Å². The monoisotopic (exact) mass is 506 g/mol. The van der Waals surface area contributed by atoms with E-state index in [1.54, 1.807) is 38.3 Å². The van der Waals surface area contributed by atoms with Gasteiger partial charge in [0.15, 0.2) is 0 Å². The molecule has 0 saturated carbocycles. The molecule has 0 saturated heterocycles. The SMILES string of the molecule is CCC(NC(=O)c1ccc(NC2=C(C#N)C(N)=C(CCC3=C(OC)C=CCC=C3)CS2)cc1)C(=O)O. The highest BCUT2D eigenvalue weighted by atomic mass is 32.2. The van der Waals surface area contributed by atoms with Crippen molar-refractivity contribution in [2.75, 3.05) is 18.2 Å². The van der Waals surface area contributed by atoms with Crippen LogP contribution in [0.1, 0.15) is 43.0 Å². The molecule has 1 unspecified atom stereocenters. The molecule has 0 bridgehead atoms. The molecule has 2 aliphatic rings. The number of aliphatic carboxylic acids is 1. The zero-order valence-electron chi connectivity index (χ0n) is 20.3. The minimum absolute atomic E-state index is 0.291. The van der Waals surface area contributed by atoms with Crippen LogP contribution in [-0.4, -0.2) is 35.9 Å². The van der Waals surface area contributed by atoms with Gasteiger partial charge in [0.05, 0.1) is 17.8 Å². The molecule has 1 aromatic rings. The molecule has 0 radical (unpaired) electrons. The van der Waals surface area contributed by atoms with Crippen LogP contribution in [0.25, 0.3) is 0 Å². The fourth-order valence-electron chi connectivity index (χ4n) is 3.79. The van der Waals surface area contributed by atoms with Crippen molar-refractivity contribution in [3.05, 3.63) is 87.3 Å². The molecular weight excluding hydrogens is 476 g/mol. The Hall–Kier alpha value is -3.90. The van der Waals surface area contributed by atoms with E-state index >= 15 is 0 Å². The van der Waals surface area contributed by atoms with Crippen molar-refractivity contribution in [1.29, 1.82) is 5.26 Å². The Morgan fingerprint density at radius 3 is 2.58 bits per heavy atom. The van der Waals surface area contributed by atoms with Crippen LogP contribution in [0.5, 0.6) is 0 Å². The van der Waals surface area contributed by atoms with Gasteiger partial charge in [0, 0.05) is 17.0 Å². The molecule has 1 aliphatic carbocycles. The van der Waals surface area contributed by atoms with Crippen molar-refractivity contribution in [2.45, 2.75) is 38.6 Å². The van der Waals surface area contributed by atoms with Gasteiger partial charge in [0.25, 0.3) is 5.91 Å². The standard InChI is InChI=1S/C27H30N4O4S/c1-3-22(27(33)34)31-25(32)18-11-13-20(14-12-18)30-26-21(15-28)24(29)19(16-36-26)10-9-17-7-5-4-6-8-23(17)35-2/h5-8,11-14,22,30H,3-4,9-10,16,29H2,1-2H3,(H,31,32)(H,33,34). The summed E-state index contributed by atoms with van der Waals surface area (Å²) in [6, 6.07) is 7.91. The normalized spacial score (nSPS) is 16.4. The first-order chi connectivity index (χ1) is 17.4. The third kappa shape index (κ3) is 6.61. The van der Waals surface area contributed by atoms with Crippen molar-refractivity contribution in [3.63, 3.8) is 0 Å². The van der Waals surface area contributed by atoms with Crippen LogP contribution in [0.15, 0.2) is 81.8 Å². The van der Waals surface area contributed by atoms with Gasteiger partial charge in [0.1, 0.15) is 23.4 Å². The maximum Gasteiger partial charge on any atom is 0.326 e. The highest BCUT2D eigenvalue weighted by Gasteiger charge is 2.22. The van der Waals surface area contributed by atoms with Crippen LogP contribution in [0.2, 0.25) is 0 Å². The number of hydrogen-bond donors (Lipinski definition) is 4. The van der Waals surface area contributed by atoms with E-state index in [4.69, 9.17) is 15.6 Å². The molecule has 5 N–H and O–H groups in total. The summed E-state index contributed by atoms with van der Waals surface area (Å²) < 4.78 is 5.50. The smallest absolute Gasteiger partial charge is 0.326 e. The third-order valence-electron chi connectivity index (χ3n) is 5.89. The predicted molar refractivity (Wildman–Crippen MR) is 142 cm³/mol. The quantitative estimate of drug-likeness (QED) is 0.362. The molecule has 1 aromatic carbocycles. The molecule has 0 fully saturated rings. The second-order valence-electron chi connectivity index (χ2n) is 8.23. The summed E-state index contributed by atoms with van der Waals surface area (Å²) in [5, 5.41) is 25.3. The summed E-state index contributed by atoms with van der Waals surface area (Å²) in [4.78, 5) is 23.5. The number of amides is 1. The first-order valence-electron chi connectivity index (χ1n) is 11.6. The zero-order valence-corrected chi connectivity index (χ0v) is 21.2. The lowest BCUT2D eigenvalue weighted by Crippen LogP contribution is -2.40. The molecule has 0 spiro atoms. The lowest BCUT2D eigenvalue weighted by molar-refractivity contribution is -0.139. The average Bonchev–Trinajstić information content (AvgIpc) is 3.12. The molecule has 3 rings (SSSR count). The lowest BCUT2D eigenvalue weighted by Gasteiger charge is -2.22. The number of anilines is 1. The van der Waals surface area contributed by atoms with Crippen LogP contribution in [0, 0.1) is 11.3 Å². The Morgan fingerprint density at radius 1 is 1.22 bits per heavy atom. The van der Waals surface area contributed by atoms with Crippen molar-refractivity contribution >= 4 is 29.3 Å². The Balaban J connectivity index is 1.71. The van der Waals surface area contributed by atoms with E-state index in [0.29, 0.717) is 39.7 Å². The van der Waals surface area contributed by atoms with Gasteiger partial charge >= 0.3 is 5.97 Å². The molecule has 1 amide bonds. The van der Waals surface area contributed by atoms with Gasteiger partial charge in [-0.3, -0.25) is 4.79 Å². The zero-order chi connectivity index (χ0) is 26.1. The largest absolute Gasteiger partial charge is 0.496 e. The van der Waals surface area contributed by atoms with Crippen LogP contribution < -0.4 is 16.4 Å². The Bertz CT molecular complexity index is 1200. The number of rotatable bonds is 10. The van der Waals surface area contributed by atoms with E-state index in [2.05, 4.69) is 34.9 Å². The van der Waals surface area contributed by atoms with E-state index < -0.39 is 17.9 Å². The number of nitrogens with one attached hydrogen (secondary N) is 2. The first kappa shape index (κ1) is 26.7. The second-order valence-corrected chi connectivity index (χ2v) is 9.22. The molecular formula is C27H30N4O4S. The van der Waals surface area contributed by atoms with E-state index in [1.165, 1.54) is 11.8 Å². The summed E-state index contributed by atoms with van der Waals surface area (Å²) in [5.41, 5.74) is 10.4. The number of nitriles is 1. The minimum atomic E-state index is -1.07. The number of methoxy groups -OCH3 is 1. The average molecular weight is 507 g/mol. The van der Waals surface area contributed by atoms with Crippen LogP contribution in [0.3, 0.4) is 0 Å². The topological polar surface area (TPSA) is 137 Å². The fourth-order valence-corrected chi connectivity index (χ4v) is 4.89. The molecule has 188 valence electrons. The second kappa shape index (κ2) is 12.7. The summed E-state index contributed by atoms with van der Waals surface area (Å²) >= 11 is 1.51. The number of carboxylic acids is 1. The maximum absolute atomic E-state index is 12.3. The number of carbonyl (C=O) groups excluding carboxylic acids is 1. The number of nitrogens with two attached hydrogens (primary N) is 1. The Morgan fingerprint density at radius 2 is 1.94 bits per heavy atom. The van der Waals surface area contributed by atoms with Crippen LogP contribution in [0.4, 0.5) is 5.69 Å². The molecule has 0 aromatic heterocycles. The van der Waals surface area contributed by atoms with E-state index in [9.17, 15) is 14.9 Å². The van der Waals surface area contributed by atoms with Gasteiger partial charge < -0.3 is 26.2 Å². The Kier molecular flexibility index (Phi) is 9.42. The number of benzene rings is 1. The van der Waals surface area contributed by atoms with Gasteiger partial charge in [-0.15, -0.1) is 11.8 Å². The molecule has 1 atom stereocenters. The third-order valence-corrected chi connectivity index (χ3v) is 6.98. The molecule has 36 heavy (non-hydrogen) atoms. The molecule has 1 aliphatic heterocycles. The van der Waals surface area contributed by atoms with Gasteiger partial charge in [-0.05, 0) is 67.2 Å². The number of carbonyl (C=O) groups is 2. The first-order valence-corrected chi connectivity index (χ1v) is 12.6. The minimum Gasteiger partial charge on any atom is -0.496 e. The number of ether oxygens (including phenoxy) is 1. The van der Waals surface area contributed by atoms with Crippen LogP contribution in [-0.2, 0) is 9.53 Å². The predicted octanol–water partition coefficient (Wildman–Crippen LogP) is 4.58. The van der Waals surface area contributed by atoms with Crippen molar-refractivity contribution < 1.29 is 19.4 Å². The van der Waals surface area contributed by atoms with Crippen molar-refractivity contribution in [3.8, 4) is 6.07 Å². The van der Waals surface area contributed by atoms with Gasteiger partial charge in [-0.2, -0.15) is 5.26 Å². The number of nitrogens with zero attached hydrogens (tertiary/aromatic N) is 1. The molecule has 8 nitrogen and oxygen atoms in total. The lowest BCUT2D eigenvalue weighted by atomic mass is 10.0. The van der Waals surface area contributed by atoms with Crippen LogP contribution >= 0.6 is 11.8 Å². The Labute approximate surface area is 215 Å².